The standard InChI is InChI=1S/C13H19BrN2/c1-9(11-5-3-4-6-11)15-12-7-8-13(14)16-10(12)2/h7-9,11,15H,3-6H2,1-2H3. The Morgan fingerprint density at radius 2 is 2.06 bits per heavy atom. The third-order valence-electron chi connectivity index (χ3n) is 3.54. The fraction of sp³-hybridized carbons (Fsp3) is 0.615. The highest BCUT2D eigenvalue weighted by molar-refractivity contribution is 9.10. The van der Waals surface area contributed by atoms with Gasteiger partial charge in [-0.3, -0.25) is 0 Å². The first-order valence-electron chi connectivity index (χ1n) is 6.06. The molecule has 1 heterocycles. The van der Waals surface area contributed by atoms with E-state index in [1.807, 2.05) is 6.07 Å². The molecule has 1 aromatic heterocycles. The van der Waals surface area contributed by atoms with Gasteiger partial charge in [-0.15, -0.1) is 0 Å². The van der Waals surface area contributed by atoms with Gasteiger partial charge in [0.25, 0.3) is 0 Å². The highest BCUT2D eigenvalue weighted by Crippen LogP contribution is 2.29. The molecule has 2 rings (SSSR count). The molecule has 0 amide bonds. The zero-order chi connectivity index (χ0) is 11.5. The van der Waals surface area contributed by atoms with Crippen molar-refractivity contribution in [1.29, 1.82) is 0 Å². The molecule has 1 unspecified atom stereocenters. The molecule has 2 nitrogen and oxygen atoms in total. The fourth-order valence-electron chi connectivity index (χ4n) is 2.50. The lowest BCUT2D eigenvalue weighted by Gasteiger charge is -2.22. The molecule has 16 heavy (non-hydrogen) atoms. The first kappa shape index (κ1) is 11.9. The zero-order valence-corrected chi connectivity index (χ0v) is 11.5. The number of halogens is 1. The van der Waals surface area contributed by atoms with Crippen LogP contribution in [-0.4, -0.2) is 11.0 Å². The molecule has 1 N–H and O–H groups in total. The third kappa shape index (κ3) is 2.76. The van der Waals surface area contributed by atoms with E-state index in [-0.39, 0.29) is 0 Å². The number of nitrogens with zero attached hydrogens (tertiary/aromatic N) is 1. The molecule has 3 heteroatoms. The first-order chi connectivity index (χ1) is 7.66. The van der Waals surface area contributed by atoms with Crippen LogP contribution in [0.2, 0.25) is 0 Å². The second kappa shape index (κ2) is 5.17. The van der Waals surface area contributed by atoms with Crippen molar-refractivity contribution in [2.45, 2.75) is 45.6 Å². The smallest absolute Gasteiger partial charge is 0.106 e. The van der Waals surface area contributed by atoms with Crippen LogP contribution in [0.1, 0.15) is 38.3 Å². The quantitative estimate of drug-likeness (QED) is 0.843. The Balaban J connectivity index is 2.02. The summed E-state index contributed by atoms with van der Waals surface area (Å²) in [4.78, 5) is 4.41. The summed E-state index contributed by atoms with van der Waals surface area (Å²) in [5, 5.41) is 3.60. The summed E-state index contributed by atoms with van der Waals surface area (Å²) >= 11 is 3.39. The largest absolute Gasteiger partial charge is 0.381 e. The highest BCUT2D eigenvalue weighted by atomic mass is 79.9. The van der Waals surface area contributed by atoms with Crippen molar-refractivity contribution < 1.29 is 0 Å². The van der Waals surface area contributed by atoms with Crippen LogP contribution in [-0.2, 0) is 0 Å². The first-order valence-corrected chi connectivity index (χ1v) is 6.86. The van der Waals surface area contributed by atoms with E-state index in [0.29, 0.717) is 6.04 Å². The lowest BCUT2D eigenvalue weighted by atomic mass is 9.99. The second-order valence-corrected chi connectivity index (χ2v) is 5.56. The third-order valence-corrected chi connectivity index (χ3v) is 3.98. The molecule has 1 saturated carbocycles. The Labute approximate surface area is 106 Å². The lowest BCUT2D eigenvalue weighted by molar-refractivity contribution is 0.482. The second-order valence-electron chi connectivity index (χ2n) is 4.74. The number of rotatable bonds is 3. The Kier molecular flexibility index (Phi) is 3.85. The molecule has 0 aliphatic heterocycles. The molecule has 0 bridgehead atoms. The summed E-state index contributed by atoms with van der Waals surface area (Å²) in [6.07, 6.45) is 5.54. The summed E-state index contributed by atoms with van der Waals surface area (Å²) in [6.45, 7) is 4.34. The average molecular weight is 283 g/mol. The van der Waals surface area contributed by atoms with Crippen LogP contribution < -0.4 is 5.32 Å². The summed E-state index contributed by atoms with van der Waals surface area (Å²) in [7, 11) is 0. The van der Waals surface area contributed by atoms with Crippen LogP contribution >= 0.6 is 15.9 Å². The van der Waals surface area contributed by atoms with Gasteiger partial charge in [0, 0.05) is 6.04 Å². The minimum atomic E-state index is 0.559. The molecule has 0 aromatic carbocycles. The molecular weight excluding hydrogens is 264 g/mol. The van der Waals surface area contributed by atoms with Crippen LogP contribution in [0.3, 0.4) is 0 Å². The Bertz CT molecular complexity index is 359. The number of aromatic nitrogens is 1. The van der Waals surface area contributed by atoms with E-state index in [9.17, 15) is 0 Å². The van der Waals surface area contributed by atoms with Gasteiger partial charge >= 0.3 is 0 Å². The van der Waals surface area contributed by atoms with Gasteiger partial charge in [-0.05, 0) is 60.7 Å². The molecule has 1 atom stereocenters. The monoisotopic (exact) mass is 282 g/mol. The number of nitrogens with one attached hydrogen (secondary N) is 1. The van der Waals surface area contributed by atoms with Crippen molar-refractivity contribution in [2.24, 2.45) is 5.92 Å². The van der Waals surface area contributed by atoms with Crippen LogP contribution in [0.25, 0.3) is 0 Å². The molecule has 0 saturated heterocycles. The van der Waals surface area contributed by atoms with E-state index in [2.05, 4.69) is 46.1 Å². The minimum absolute atomic E-state index is 0.559. The van der Waals surface area contributed by atoms with Crippen molar-refractivity contribution >= 4 is 21.6 Å². The van der Waals surface area contributed by atoms with Gasteiger partial charge in [0.2, 0.25) is 0 Å². The van der Waals surface area contributed by atoms with Crippen molar-refractivity contribution in [1.82, 2.24) is 4.98 Å². The fourth-order valence-corrected chi connectivity index (χ4v) is 2.90. The normalized spacial score (nSPS) is 18.7. The maximum Gasteiger partial charge on any atom is 0.106 e. The van der Waals surface area contributed by atoms with Crippen molar-refractivity contribution in [2.75, 3.05) is 5.32 Å². The summed E-state index contributed by atoms with van der Waals surface area (Å²) in [5.41, 5.74) is 2.24. The van der Waals surface area contributed by atoms with Crippen LogP contribution in [0.5, 0.6) is 0 Å². The zero-order valence-electron chi connectivity index (χ0n) is 9.96. The van der Waals surface area contributed by atoms with Gasteiger partial charge in [0.05, 0.1) is 11.4 Å². The highest BCUT2D eigenvalue weighted by Gasteiger charge is 2.21. The van der Waals surface area contributed by atoms with E-state index in [0.717, 1.165) is 16.2 Å². The van der Waals surface area contributed by atoms with E-state index < -0.39 is 0 Å². The molecule has 1 aliphatic rings. The predicted molar refractivity (Wildman–Crippen MR) is 71.7 cm³/mol. The Morgan fingerprint density at radius 1 is 1.38 bits per heavy atom. The van der Waals surface area contributed by atoms with Crippen molar-refractivity contribution in [3.05, 3.63) is 22.4 Å². The predicted octanol–water partition coefficient (Wildman–Crippen LogP) is 4.14. The topological polar surface area (TPSA) is 24.9 Å². The minimum Gasteiger partial charge on any atom is -0.381 e. The molecule has 88 valence electrons. The Morgan fingerprint density at radius 3 is 2.69 bits per heavy atom. The molecule has 1 aromatic rings. The van der Waals surface area contributed by atoms with Gasteiger partial charge in [-0.25, -0.2) is 4.98 Å². The molecule has 0 radical (unpaired) electrons. The lowest BCUT2D eigenvalue weighted by Crippen LogP contribution is -2.24. The van der Waals surface area contributed by atoms with Crippen LogP contribution in [0.15, 0.2) is 16.7 Å². The maximum absolute atomic E-state index is 4.41. The summed E-state index contributed by atoms with van der Waals surface area (Å²) < 4.78 is 0.907. The number of anilines is 1. The number of hydrogen-bond donors (Lipinski definition) is 1. The molecule has 1 aliphatic carbocycles. The van der Waals surface area contributed by atoms with Crippen LogP contribution in [0, 0.1) is 12.8 Å². The van der Waals surface area contributed by atoms with E-state index in [1.165, 1.54) is 31.4 Å². The molecule has 1 fully saturated rings. The molecular formula is C13H19BrN2. The van der Waals surface area contributed by atoms with E-state index in [4.69, 9.17) is 0 Å². The SMILES string of the molecule is Cc1nc(Br)ccc1NC(C)C1CCCC1. The van der Waals surface area contributed by atoms with Crippen molar-refractivity contribution in [3.8, 4) is 0 Å². The molecule has 0 spiro atoms. The Hall–Kier alpha value is -0.570. The van der Waals surface area contributed by atoms with Crippen molar-refractivity contribution in [3.63, 3.8) is 0 Å². The average Bonchev–Trinajstić information content (AvgIpc) is 2.75. The van der Waals surface area contributed by atoms with E-state index in [1.54, 1.807) is 0 Å². The van der Waals surface area contributed by atoms with Gasteiger partial charge in [0.15, 0.2) is 0 Å². The van der Waals surface area contributed by atoms with E-state index >= 15 is 0 Å². The number of pyridine rings is 1. The maximum atomic E-state index is 4.41. The number of aryl methyl sites for hydroxylation is 1. The van der Waals surface area contributed by atoms with Gasteiger partial charge in [-0.2, -0.15) is 0 Å². The van der Waals surface area contributed by atoms with Gasteiger partial charge in [-0.1, -0.05) is 12.8 Å². The van der Waals surface area contributed by atoms with Gasteiger partial charge in [0.1, 0.15) is 4.60 Å². The van der Waals surface area contributed by atoms with Gasteiger partial charge < -0.3 is 5.32 Å². The number of hydrogen-bond acceptors (Lipinski definition) is 2. The summed E-state index contributed by atoms with van der Waals surface area (Å²) in [6, 6.07) is 4.67. The summed E-state index contributed by atoms with van der Waals surface area (Å²) in [5.74, 6) is 0.836. The van der Waals surface area contributed by atoms with Crippen LogP contribution in [0.4, 0.5) is 5.69 Å².